The quantitative estimate of drug-likeness (QED) is 0.782. The molecule has 2 fully saturated rings. The Labute approximate surface area is 167 Å². The van der Waals surface area contributed by atoms with Crippen molar-refractivity contribution in [1.82, 2.24) is 19.8 Å². The van der Waals surface area contributed by atoms with E-state index in [9.17, 15) is 4.79 Å². The maximum Gasteiger partial charge on any atom is 0.254 e. The fourth-order valence-electron chi connectivity index (χ4n) is 4.64. The molecule has 0 aliphatic carbocycles. The molecule has 3 heterocycles. The number of rotatable bonds is 6. The lowest BCUT2D eigenvalue weighted by Crippen LogP contribution is -2.34. The average molecular weight is 380 g/mol. The Balaban J connectivity index is 1.24. The lowest BCUT2D eigenvalue weighted by molar-refractivity contribution is 0.0772. The summed E-state index contributed by atoms with van der Waals surface area (Å²) in [5, 5.41) is 3.27. The molecule has 4 rings (SSSR count). The van der Waals surface area contributed by atoms with Crippen LogP contribution < -0.4 is 5.32 Å². The third kappa shape index (κ3) is 4.02. The summed E-state index contributed by atoms with van der Waals surface area (Å²) in [5.41, 5.74) is 3.06. The van der Waals surface area contributed by atoms with Gasteiger partial charge in [0.1, 0.15) is 0 Å². The van der Waals surface area contributed by atoms with Crippen molar-refractivity contribution < 1.29 is 4.79 Å². The molecule has 2 aliphatic heterocycles. The minimum absolute atomic E-state index is 0.212. The number of hydrogen-bond acceptors (Lipinski definition) is 5. The van der Waals surface area contributed by atoms with E-state index in [4.69, 9.17) is 0 Å². The monoisotopic (exact) mass is 379 g/mol. The summed E-state index contributed by atoms with van der Waals surface area (Å²) in [6.45, 7) is 10.0. The first kappa shape index (κ1) is 18.9. The molecule has 2 aliphatic rings. The van der Waals surface area contributed by atoms with E-state index in [1.54, 1.807) is 12.4 Å². The number of nitrogens with zero attached hydrogens (tertiary/aromatic N) is 4. The second-order valence-electron chi connectivity index (χ2n) is 8.11. The topological polar surface area (TPSA) is 61.4 Å². The fraction of sp³-hybridized carbons (Fsp3) is 0.500. The number of anilines is 1. The van der Waals surface area contributed by atoms with Crippen molar-refractivity contribution in [2.75, 3.05) is 44.6 Å². The van der Waals surface area contributed by atoms with Gasteiger partial charge in [-0.1, -0.05) is 18.2 Å². The van der Waals surface area contributed by atoms with Gasteiger partial charge >= 0.3 is 0 Å². The maximum absolute atomic E-state index is 13.0. The van der Waals surface area contributed by atoms with Gasteiger partial charge in [0.15, 0.2) is 0 Å². The summed E-state index contributed by atoms with van der Waals surface area (Å²) in [6, 6.07) is 7.92. The molecule has 0 bridgehead atoms. The highest BCUT2D eigenvalue weighted by Gasteiger charge is 2.41. The Morgan fingerprint density at radius 3 is 2.32 bits per heavy atom. The van der Waals surface area contributed by atoms with Crippen LogP contribution in [0.25, 0.3) is 0 Å². The zero-order valence-corrected chi connectivity index (χ0v) is 16.8. The van der Waals surface area contributed by atoms with E-state index in [2.05, 4.69) is 25.1 Å². The van der Waals surface area contributed by atoms with E-state index >= 15 is 0 Å². The van der Waals surface area contributed by atoms with Crippen LogP contribution in [0.2, 0.25) is 0 Å². The van der Waals surface area contributed by atoms with Crippen LogP contribution in [-0.2, 0) is 0 Å². The smallest absolute Gasteiger partial charge is 0.254 e. The molecule has 2 aromatic rings. The third-order valence-electron chi connectivity index (χ3n) is 6.04. The first-order valence-electron chi connectivity index (χ1n) is 10.2. The van der Waals surface area contributed by atoms with Crippen molar-refractivity contribution >= 4 is 11.9 Å². The number of aromatic nitrogens is 2. The van der Waals surface area contributed by atoms with Crippen molar-refractivity contribution in [2.24, 2.45) is 11.8 Å². The van der Waals surface area contributed by atoms with Gasteiger partial charge in [0.05, 0.1) is 0 Å². The number of amides is 1. The van der Waals surface area contributed by atoms with Crippen LogP contribution in [0.4, 0.5) is 5.95 Å². The molecule has 1 N–H and O–H groups in total. The minimum Gasteiger partial charge on any atom is -0.354 e. The van der Waals surface area contributed by atoms with Gasteiger partial charge in [0.2, 0.25) is 5.95 Å². The van der Waals surface area contributed by atoms with Gasteiger partial charge < -0.3 is 15.1 Å². The molecule has 2 atom stereocenters. The lowest BCUT2D eigenvalue weighted by Gasteiger charge is -2.23. The Kier molecular flexibility index (Phi) is 5.57. The van der Waals surface area contributed by atoms with Crippen molar-refractivity contribution in [3.05, 3.63) is 53.3 Å². The maximum atomic E-state index is 13.0. The van der Waals surface area contributed by atoms with Gasteiger partial charge in [-0.05, 0) is 55.8 Å². The van der Waals surface area contributed by atoms with E-state index in [0.29, 0.717) is 17.8 Å². The third-order valence-corrected chi connectivity index (χ3v) is 6.04. The minimum atomic E-state index is 0.212. The van der Waals surface area contributed by atoms with Crippen LogP contribution in [0.5, 0.6) is 0 Å². The molecule has 2 saturated heterocycles. The van der Waals surface area contributed by atoms with Crippen molar-refractivity contribution in [3.63, 3.8) is 0 Å². The number of aryl methyl sites for hydroxylation is 2. The van der Waals surface area contributed by atoms with E-state index in [1.165, 1.54) is 0 Å². The number of carbonyl (C=O) groups excluding carboxylic acids is 1. The van der Waals surface area contributed by atoms with Gasteiger partial charge in [-0.3, -0.25) is 4.79 Å². The molecule has 148 valence electrons. The summed E-state index contributed by atoms with van der Waals surface area (Å²) in [4.78, 5) is 26.0. The largest absolute Gasteiger partial charge is 0.354 e. The number of fused-ring (bicyclic) bond motifs is 1. The molecule has 1 aromatic heterocycles. The first-order valence-corrected chi connectivity index (χ1v) is 10.2. The standard InChI is InChI=1S/C22H29N5O/c1-16-6-3-7-17(2)20(16)21(28)27-14-18-12-26(13-19(18)15-27)11-5-10-25-22-23-8-4-9-24-22/h3-4,6-9,18-19H,5,10-15H2,1-2H3,(H,23,24,25). The zero-order valence-electron chi connectivity index (χ0n) is 16.8. The Morgan fingerprint density at radius 2 is 1.68 bits per heavy atom. The predicted octanol–water partition coefficient (Wildman–Crippen LogP) is 2.60. The fourth-order valence-corrected chi connectivity index (χ4v) is 4.64. The summed E-state index contributed by atoms with van der Waals surface area (Å²) < 4.78 is 0. The molecule has 0 spiro atoms. The number of likely N-dealkylation sites (tertiary alicyclic amines) is 2. The number of benzene rings is 1. The van der Waals surface area contributed by atoms with E-state index in [1.807, 2.05) is 38.1 Å². The highest BCUT2D eigenvalue weighted by molar-refractivity contribution is 5.97. The Morgan fingerprint density at radius 1 is 1.04 bits per heavy atom. The van der Waals surface area contributed by atoms with Crippen LogP contribution >= 0.6 is 0 Å². The van der Waals surface area contributed by atoms with Gasteiger partial charge in [-0.15, -0.1) is 0 Å². The molecular formula is C22H29N5O. The predicted molar refractivity (Wildman–Crippen MR) is 110 cm³/mol. The average Bonchev–Trinajstić information content (AvgIpc) is 3.24. The normalized spacial score (nSPS) is 21.7. The molecular weight excluding hydrogens is 350 g/mol. The van der Waals surface area contributed by atoms with E-state index in [0.717, 1.165) is 62.4 Å². The zero-order chi connectivity index (χ0) is 19.5. The highest BCUT2D eigenvalue weighted by atomic mass is 16.2. The highest BCUT2D eigenvalue weighted by Crippen LogP contribution is 2.32. The van der Waals surface area contributed by atoms with Gasteiger partial charge in [0, 0.05) is 50.7 Å². The number of hydrogen-bond donors (Lipinski definition) is 1. The van der Waals surface area contributed by atoms with Gasteiger partial charge in [-0.25, -0.2) is 9.97 Å². The molecule has 1 amide bonds. The SMILES string of the molecule is Cc1cccc(C)c1C(=O)N1CC2CN(CCCNc3ncccn3)CC2C1. The molecule has 0 saturated carbocycles. The second kappa shape index (κ2) is 8.27. The van der Waals surface area contributed by atoms with Crippen LogP contribution in [0.15, 0.2) is 36.7 Å². The van der Waals surface area contributed by atoms with Crippen LogP contribution in [0.3, 0.4) is 0 Å². The lowest BCUT2D eigenvalue weighted by atomic mass is 10.0. The van der Waals surface area contributed by atoms with Gasteiger partial charge in [-0.2, -0.15) is 0 Å². The Hall–Kier alpha value is -2.47. The van der Waals surface area contributed by atoms with Gasteiger partial charge in [0.25, 0.3) is 5.91 Å². The van der Waals surface area contributed by atoms with E-state index < -0.39 is 0 Å². The molecule has 6 heteroatoms. The Bertz CT molecular complexity index is 791. The summed E-state index contributed by atoms with van der Waals surface area (Å²) >= 11 is 0. The van der Waals surface area contributed by atoms with Crippen LogP contribution in [0.1, 0.15) is 27.9 Å². The second-order valence-corrected chi connectivity index (χ2v) is 8.11. The van der Waals surface area contributed by atoms with E-state index in [-0.39, 0.29) is 5.91 Å². The summed E-state index contributed by atoms with van der Waals surface area (Å²) in [7, 11) is 0. The summed E-state index contributed by atoms with van der Waals surface area (Å²) in [6.07, 6.45) is 4.58. The summed E-state index contributed by atoms with van der Waals surface area (Å²) in [5.74, 6) is 2.13. The number of nitrogens with one attached hydrogen (secondary N) is 1. The van der Waals surface area contributed by atoms with Crippen molar-refractivity contribution in [1.29, 1.82) is 0 Å². The van der Waals surface area contributed by atoms with Crippen molar-refractivity contribution in [3.8, 4) is 0 Å². The molecule has 1 aromatic carbocycles. The first-order chi connectivity index (χ1) is 13.6. The van der Waals surface area contributed by atoms with Crippen LogP contribution in [0, 0.1) is 25.7 Å². The molecule has 0 radical (unpaired) electrons. The molecule has 6 nitrogen and oxygen atoms in total. The molecule has 28 heavy (non-hydrogen) atoms. The van der Waals surface area contributed by atoms with Crippen molar-refractivity contribution in [2.45, 2.75) is 20.3 Å². The number of carbonyl (C=O) groups is 1. The van der Waals surface area contributed by atoms with Crippen LogP contribution in [-0.4, -0.2) is 64.9 Å². The molecule has 2 unspecified atom stereocenters.